The lowest BCUT2D eigenvalue weighted by atomic mass is 9.98. The van der Waals surface area contributed by atoms with E-state index in [1.807, 2.05) is 4.90 Å². The van der Waals surface area contributed by atoms with Gasteiger partial charge in [-0.3, -0.25) is 4.79 Å². The lowest BCUT2D eigenvalue weighted by Crippen LogP contribution is -2.46. The number of amides is 1. The molecule has 2 unspecified atom stereocenters. The molecule has 0 aromatic rings. The molecule has 2 fully saturated rings. The van der Waals surface area contributed by atoms with Crippen LogP contribution >= 0.6 is 0 Å². The van der Waals surface area contributed by atoms with Crippen LogP contribution in [0.5, 0.6) is 0 Å². The SMILES string of the molecule is COC1CNC(C(=O)N2CCC(C)CC2)C1. The van der Waals surface area contributed by atoms with Crippen LogP contribution in [0.2, 0.25) is 0 Å². The van der Waals surface area contributed by atoms with Gasteiger partial charge in [-0.15, -0.1) is 0 Å². The van der Waals surface area contributed by atoms with E-state index in [1.54, 1.807) is 7.11 Å². The summed E-state index contributed by atoms with van der Waals surface area (Å²) in [6, 6.07) is -0.0154. The van der Waals surface area contributed by atoms with Crippen molar-refractivity contribution in [2.75, 3.05) is 26.7 Å². The number of piperidine rings is 1. The first-order chi connectivity index (χ1) is 7.70. The van der Waals surface area contributed by atoms with Crippen LogP contribution in [0.1, 0.15) is 26.2 Å². The van der Waals surface area contributed by atoms with Crippen molar-refractivity contribution >= 4 is 5.91 Å². The van der Waals surface area contributed by atoms with Gasteiger partial charge >= 0.3 is 0 Å². The van der Waals surface area contributed by atoms with Crippen LogP contribution in [0.15, 0.2) is 0 Å². The Labute approximate surface area is 97.3 Å². The fourth-order valence-electron chi connectivity index (χ4n) is 2.52. The van der Waals surface area contributed by atoms with Crippen LogP contribution in [0.25, 0.3) is 0 Å². The van der Waals surface area contributed by atoms with Crippen LogP contribution < -0.4 is 5.32 Å². The molecule has 2 aliphatic heterocycles. The number of carbonyl (C=O) groups excluding carboxylic acids is 1. The van der Waals surface area contributed by atoms with Gasteiger partial charge in [-0.25, -0.2) is 0 Å². The Morgan fingerprint density at radius 3 is 2.62 bits per heavy atom. The van der Waals surface area contributed by atoms with E-state index < -0.39 is 0 Å². The highest BCUT2D eigenvalue weighted by Gasteiger charge is 2.33. The molecule has 0 spiro atoms. The molecule has 0 saturated carbocycles. The van der Waals surface area contributed by atoms with E-state index >= 15 is 0 Å². The normalized spacial score (nSPS) is 32.0. The zero-order chi connectivity index (χ0) is 11.5. The van der Waals surface area contributed by atoms with E-state index in [1.165, 1.54) is 0 Å². The number of likely N-dealkylation sites (tertiary alicyclic amines) is 1. The molecule has 2 heterocycles. The lowest BCUT2D eigenvalue weighted by Gasteiger charge is -2.32. The fourth-order valence-corrected chi connectivity index (χ4v) is 2.52. The van der Waals surface area contributed by atoms with E-state index in [2.05, 4.69) is 12.2 Å². The third-order valence-electron chi connectivity index (χ3n) is 3.82. The molecule has 1 amide bonds. The smallest absolute Gasteiger partial charge is 0.239 e. The Bertz CT molecular complexity index is 245. The minimum Gasteiger partial charge on any atom is -0.380 e. The van der Waals surface area contributed by atoms with Crippen molar-refractivity contribution in [3.63, 3.8) is 0 Å². The zero-order valence-corrected chi connectivity index (χ0v) is 10.2. The maximum absolute atomic E-state index is 12.2. The van der Waals surface area contributed by atoms with E-state index in [0.717, 1.165) is 44.8 Å². The third kappa shape index (κ3) is 2.55. The van der Waals surface area contributed by atoms with Crippen molar-refractivity contribution in [2.24, 2.45) is 5.92 Å². The molecule has 0 bridgehead atoms. The summed E-state index contributed by atoms with van der Waals surface area (Å²) in [5.74, 6) is 1.04. The molecule has 1 N–H and O–H groups in total. The minimum absolute atomic E-state index is 0.0154. The van der Waals surface area contributed by atoms with Gasteiger partial charge in [0, 0.05) is 26.7 Å². The molecule has 2 aliphatic rings. The van der Waals surface area contributed by atoms with Gasteiger partial charge in [0.2, 0.25) is 5.91 Å². The number of carbonyl (C=O) groups is 1. The molecular weight excluding hydrogens is 204 g/mol. The highest BCUT2D eigenvalue weighted by molar-refractivity contribution is 5.82. The van der Waals surface area contributed by atoms with E-state index in [-0.39, 0.29) is 18.1 Å². The Balaban J connectivity index is 1.83. The van der Waals surface area contributed by atoms with E-state index in [4.69, 9.17) is 4.74 Å². The van der Waals surface area contributed by atoms with Gasteiger partial charge in [0.05, 0.1) is 12.1 Å². The van der Waals surface area contributed by atoms with Crippen LogP contribution in [-0.4, -0.2) is 49.7 Å². The number of hydrogen-bond acceptors (Lipinski definition) is 3. The predicted octanol–water partition coefficient (Wildman–Crippen LogP) is 0.622. The topological polar surface area (TPSA) is 41.6 Å². The summed E-state index contributed by atoms with van der Waals surface area (Å²) in [6.07, 6.45) is 3.32. The third-order valence-corrected chi connectivity index (χ3v) is 3.82. The molecule has 4 nitrogen and oxygen atoms in total. The fraction of sp³-hybridized carbons (Fsp3) is 0.917. The highest BCUT2D eigenvalue weighted by Crippen LogP contribution is 2.19. The van der Waals surface area contributed by atoms with E-state index in [9.17, 15) is 4.79 Å². The second kappa shape index (κ2) is 5.15. The first-order valence-corrected chi connectivity index (χ1v) is 6.25. The average molecular weight is 226 g/mol. The molecule has 2 atom stereocenters. The van der Waals surface area contributed by atoms with Crippen molar-refractivity contribution < 1.29 is 9.53 Å². The van der Waals surface area contributed by atoms with Gasteiger partial charge in [0.15, 0.2) is 0 Å². The molecule has 16 heavy (non-hydrogen) atoms. The van der Waals surface area contributed by atoms with Crippen LogP contribution in [-0.2, 0) is 9.53 Å². The van der Waals surface area contributed by atoms with Crippen molar-refractivity contribution in [3.8, 4) is 0 Å². The summed E-state index contributed by atoms with van der Waals surface area (Å²) in [6.45, 7) is 4.92. The highest BCUT2D eigenvalue weighted by atomic mass is 16.5. The number of methoxy groups -OCH3 is 1. The number of hydrogen-bond donors (Lipinski definition) is 1. The second-order valence-corrected chi connectivity index (χ2v) is 5.06. The quantitative estimate of drug-likeness (QED) is 0.750. The summed E-state index contributed by atoms with van der Waals surface area (Å²) in [7, 11) is 1.71. The molecule has 0 radical (unpaired) electrons. The molecule has 0 aromatic carbocycles. The monoisotopic (exact) mass is 226 g/mol. The largest absolute Gasteiger partial charge is 0.380 e. The number of nitrogens with one attached hydrogen (secondary N) is 1. The Morgan fingerprint density at radius 1 is 1.38 bits per heavy atom. The predicted molar refractivity (Wildman–Crippen MR) is 62.2 cm³/mol. The Morgan fingerprint density at radius 2 is 2.06 bits per heavy atom. The van der Waals surface area contributed by atoms with Crippen molar-refractivity contribution in [3.05, 3.63) is 0 Å². The summed E-state index contributed by atoms with van der Waals surface area (Å²) in [4.78, 5) is 14.2. The summed E-state index contributed by atoms with van der Waals surface area (Å²) >= 11 is 0. The maximum atomic E-state index is 12.2. The average Bonchev–Trinajstić information content (AvgIpc) is 2.77. The first-order valence-electron chi connectivity index (χ1n) is 6.25. The van der Waals surface area contributed by atoms with Gasteiger partial charge in [0.1, 0.15) is 0 Å². The van der Waals surface area contributed by atoms with Crippen molar-refractivity contribution in [2.45, 2.75) is 38.3 Å². The number of nitrogens with zero attached hydrogens (tertiary/aromatic N) is 1. The standard InChI is InChI=1S/C12H22N2O2/c1-9-3-5-14(6-4-9)12(15)11-7-10(16-2)8-13-11/h9-11,13H,3-8H2,1-2H3. The first kappa shape index (κ1) is 11.9. The van der Waals surface area contributed by atoms with Gasteiger partial charge in [-0.1, -0.05) is 6.92 Å². The van der Waals surface area contributed by atoms with Gasteiger partial charge < -0.3 is 15.0 Å². The van der Waals surface area contributed by atoms with Crippen molar-refractivity contribution in [1.82, 2.24) is 10.2 Å². The second-order valence-electron chi connectivity index (χ2n) is 5.06. The number of rotatable bonds is 2. The summed E-state index contributed by atoms with van der Waals surface area (Å²) < 4.78 is 5.26. The zero-order valence-electron chi connectivity index (χ0n) is 10.2. The molecule has 92 valence electrons. The summed E-state index contributed by atoms with van der Waals surface area (Å²) in [5, 5.41) is 3.25. The van der Waals surface area contributed by atoms with Crippen LogP contribution in [0, 0.1) is 5.92 Å². The minimum atomic E-state index is -0.0154. The van der Waals surface area contributed by atoms with Crippen LogP contribution in [0.4, 0.5) is 0 Å². The lowest BCUT2D eigenvalue weighted by molar-refractivity contribution is -0.134. The van der Waals surface area contributed by atoms with Gasteiger partial charge in [-0.2, -0.15) is 0 Å². The summed E-state index contributed by atoms with van der Waals surface area (Å²) in [5.41, 5.74) is 0. The molecular formula is C12H22N2O2. The molecule has 0 aliphatic carbocycles. The number of ether oxygens (including phenoxy) is 1. The van der Waals surface area contributed by atoms with E-state index in [0.29, 0.717) is 0 Å². The van der Waals surface area contributed by atoms with Crippen molar-refractivity contribution in [1.29, 1.82) is 0 Å². The maximum Gasteiger partial charge on any atom is 0.239 e. The Kier molecular flexibility index (Phi) is 3.82. The van der Waals surface area contributed by atoms with Gasteiger partial charge in [0.25, 0.3) is 0 Å². The Hall–Kier alpha value is -0.610. The molecule has 0 aromatic heterocycles. The molecule has 2 saturated heterocycles. The molecule has 4 heteroatoms. The molecule has 2 rings (SSSR count). The van der Waals surface area contributed by atoms with Gasteiger partial charge in [-0.05, 0) is 25.2 Å². The van der Waals surface area contributed by atoms with Crippen LogP contribution in [0.3, 0.4) is 0 Å².